The van der Waals surface area contributed by atoms with Crippen LogP contribution in [0.25, 0.3) is 0 Å². The van der Waals surface area contributed by atoms with Gasteiger partial charge in [0, 0.05) is 0 Å². The predicted molar refractivity (Wildman–Crippen MR) is 84.2 cm³/mol. The Balaban J connectivity index is 1.96. The first-order valence-electron chi connectivity index (χ1n) is 7.25. The van der Waals surface area contributed by atoms with Gasteiger partial charge in [-0.05, 0) is 50.1 Å². The lowest BCUT2D eigenvalue weighted by Crippen LogP contribution is -2.37. The van der Waals surface area contributed by atoms with Crippen molar-refractivity contribution in [2.45, 2.75) is 32.9 Å². The average Bonchev–Trinajstić information content (AvgIpc) is 2.50. The number of aryl methyl sites for hydroxylation is 1. The van der Waals surface area contributed by atoms with Gasteiger partial charge in [0.15, 0.2) is 6.10 Å². The van der Waals surface area contributed by atoms with E-state index in [0.29, 0.717) is 5.75 Å². The van der Waals surface area contributed by atoms with Gasteiger partial charge in [-0.15, -0.1) is 0 Å². The zero-order valence-corrected chi connectivity index (χ0v) is 13.0. The number of carbonyl (C=O) groups is 1. The molecule has 1 N–H and O–H groups in total. The van der Waals surface area contributed by atoms with E-state index in [1.54, 1.807) is 19.1 Å². The number of hydrogen-bond donors (Lipinski definition) is 1. The lowest BCUT2D eigenvalue weighted by molar-refractivity contribution is -0.127. The van der Waals surface area contributed by atoms with Crippen LogP contribution in [0.5, 0.6) is 5.75 Å². The minimum absolute atomic E-state index is 0.208. The summed E-state index contributed by atoms with van der Waals surface area (Å²) < 4.78 is 18.6. The first-order chi connectivity index (χ1) is 10.5. The van der Waals surface area contributed by atoms with Gasteiger partial charge in [0.25, 0.3) is 5.91 Å². The van der Waals surface area contributed by atoms with Crippen LogP contribution in [-0.2, 0) is 4.79 Å². The second kappa shape index (κ2) is 7.07. The molecule has 2 atom stereocenters. The second-order valence-corrected chi connectivity index (χ2v) is 5.31. The van der Waals surface area contributed by atoms with Crippen LogP contribution in [0.1, 0.15) is 31.0 Å². The Bertz CT molecular complexity index is 640. The fraction of sp³-hybridized carbons (Fsp3) is 0.278. The molecule has 116 valence electrons. The van der Waals surface area contributed by atoms with Gasteiger partial charge < -0.3 is 10.1 Å². The Kier molecular flexibility index (Phi) is 5.15. The van der Waals surface area contributed by atoms with E-state index < -0.39 is 6.10 Å². The van der Waals surface area contributed by atoms with E-state index in [-0.39, 0.29) is 17.8 Å². The number of ether oxygens (including phenoxy) is 1. The monoisotopic (exact) mass is 301 g/mol. The standard InChI is InChI=1S/C18H20FNO2/c1-12-6-4-5-7-17(12)22-14(3)18(21)20-13(2)15-8-10-16(19)11-9-15/h4-11,13-14H,1-3H3,(H,20,21)/t13-,14-/m1/s1. The molecule has 0 fully saturated rings. The SMILES string of the molecule is Cc1ccccc1O[C@H](C)C(=O)N[C@H](C)c1ccc(F)cc1. The van der Waals surface area contributed by atoms with Gasteiger partial charge >= 0.3 is 0 Å². The third kappa shape index (κ3) is 4.07. The van der Waals surface area contributed by atoms with Crippen molar-refractivity contribution in [1.29, 1.82) is 0 Å². The summed E-state index contributed by atoms with van der Waals surface area (Å²) in [6.45, 7) is 5.49. The third-order valence-corrected chi connectivity index (χ3v) is 3.50. The van der Waals surface area contributed by atoms with Gasteiger partial charge in [-0.1, -0.05) is 30.3 Å². The zero-order valence-electron chi connectivity index (χ0n) is 13.0. The maximum absolute atomic E-state index is 12.9. The quantitative estimate of drug-likeness (QED) is 0.912. The van der Waals surface area contributed by atoms with E-state index in [0.717, 1.165) is 11.1 Å². The summed E-state index contributed by atoms with van der Waals surface area (Å²) in [7, 11) is 0. The zero-order chi connectivity index (χ0) is 16.1. The van der Waals surface area contributed by atoms with E-state index in [9.17, 15) is 9.18 Å². The summed E-state index contributed by atoms with van der Waals surface area (Å²) in [6, 6.07) is 13.4. The number of rotatable bonds is 5. The Morgan fingerprint density at radius 3 is 2.36 bits per heavy atom. The van der Waals surface area contributed by atoms with Gasteiger partial charge in [0.2, 0.25) is 0 Å². The van der Waals surface area contributed by atoms with Crippen LogP contribution in [-0.4, -0.2) is 12.0 Å². The molecule has 0 aliphatic rings. The van der Waals surface area contributed by atoms with E-state index in [1.807, 2.05) is 38.1 Å². The van der Waals surface area contributed by atoms with Crippen LogP contribution in [0.15, 0.2) is 48.5 Å². The summed E-state index contributed by atoms with van der Waals surface area (Å²) in [5, 5.41) is 2.87. The first kappa shape index (κ1) is 16.0. The molecule has 22 heavy (non-hydrogen) atoms. The molecule has 0 aliphatic heterocycles. The fourth-order valence-electron chi connectivity index (χ4n) is 2.10. The number of halogens is 1. The normalized spacial score (nSPS) is 13.3. The number of nitrogens with one attached hydrogen (secondary N) is 1. The maximum atomic E-state index is 12.9. The van der Waals surface area contributed by atoms with Crippen LogP contribution in [0.3, 0.4) is 0 Å². The average molecular weight is 301 g/mol. The van der Waals surface area contributed by atoms with Crippen LogP contribution < -0.4 is 10.1 Å². The summed E-state index contributed by atoms with van der Waals surface area (Å²) in [5.41, 5.74) is 1.83. The molecule has 3 nitrogen and oxygen atoms in total. The van der Waals surface area contributed by atoms with Crippen molar-refractivity contribution in [2.24, 2.45) is 0 Å². The first-order valence-corrected chi connectivity index (χ1v) is 7.25. The third-order valence-electron chi connectivity index (χ3n) is 3.50. The molecule has 0 radical (unpaired) electrons. The van der Waals surface area contributed by atoms with E-state index >= 15 is 0 Å². The Hall–Kier alpha value is -2.36. The maximum Gasteiger partial charge on any atom is 0.261 e. The molecule has 0 heterocycles. The molecule has 2 aromatic rings. The number of carbonyl (C=O) groups excluding carboxylic acids is 1. The largest absolute Gasteiger partial charge is 0.481 e. The van der Waals surface area contributed by atoms with Crippen LogP contribution >= 0.6 is 0 Å². The number of amides is 1. The van der Waals surface area contributed by atoms with Crippen molar-refractivity contribution < 1.29 is 13.9 Å². The molecule has 0 aliphatic carbocycles. The van der Waals surface area contributed by atoms with Crippen molar-refractivity contribution in [3.8, 4) is 5.75 Å². The van der Waals surface area contributed by atoms with Gasteiger partial charge in [-0.25, -0.2) is 4.39 Å². The van der Waals surface area contributed by atoms with Crippen molar-refractivity contribution in [1.82, 2.24) is 5.32 Å². The smallest absolute Gasteiger partial charge is 0.261 e. The van der Waals surface area contributed by atoms with E-state index in [2.05, 4.69) is 5.32 Å². The van der Waals surface area contributed by atoms with Gasteiger partial charge in [0.05, 0.1) is 6.04 Å². The van der Waals surface area contributed by atoms with Crippen molar-refractivity contribution >= 4 is 5.91 Å². The molecule has 0 saturated heterocycles. The molecule has 2 aromatic carbocycles. The fourth-order valence-corrected chi connectivity index (χ4v) is 2.10. The summed E-state index contributed by atoms with van der Waals surface area (Å²) in [6.07, 6.45) is -0.607. The number of hydrogen-bond acceptors (Lipinski definition) is 2. The van der Waals surface area contributed by atoms with Crippen LogP contribution in [0.2, 0.25) is 0 Å². The summed E-state index contributed by atoms with van der Waals surface area (Å²) in [5.74, 6) is 0.193. The molecule has 1 amide bonds. The van der Waals surface area contributed by atoms with E-state index in [1.165, 1.54) is 12.1 Å². The molecular weight excluding hydrogens is 281 g/mol. The molecule has 2 rings (SSSR count). The van der Waals surface area contributed by atoms with Crippen molar-refractivity contribution in [3.05, 3.63) is 65.5 Å². The summed E-state index contributed by atoms with van der Waals surface area (Å²) >= 11 is 0. The highest BCUT2D eigenvalue weighted by atomic mass is 19.1. The Labute approximate surface area is 130 Å². The lowest BCUT2D eigenvalue weighted by Gasteiger charge is -2.19. The Morgan fingerprint density at radius 2 is 1.73 bits per heavy atom. The summed E-state index contributed by atoms with van der Waals surface area (Å²) in [4.78, 5) is 12.2. The van der Waals surface area contributed by atoms with Crippen LogP contribution in [0, 0.1) is 12.7 Å². The minimum Gasteiger partial charge on any atom is -0.481 e. The van der Waals surface area contributed by atoms with Crippen molar-refractivity contribution in [2.75, 3.05) is 0 Å². The highest BCUT2D eigenvalue weighted by molar-refractivity contribution is 5.81. The molecule has 0 unspecified atom stereocenters. The minimum atomic E-state index is -0.607. The van der Waals surface area contributed by atoms with E-state index in [4.69, 9.17) is 4.74 Å². The molecular formula is C18H20FNO2. The molecule has 0 spiro atoms. The highest BCUT2D eigenvalue weighted by Crippen LogP contribution is 2.18. The second-order valence-electron chi connectivity index (χ2n) is 5.31. The molecule has 0 bridgehead atoms. The topological polar surface area (TPSA) is 38.3 Å². The van der Waals surface area contributed by atoms with Crippen LogP contribution in [0.4, 0.5) is 4.39 Å². The van der Waals surface area contributed by atoms with Gasteiger partial charge in [-0.3, -0.25) is 4.79 Å². The lowest BCUT2D eigenvalue weighted by atomic mass is 10.1. The molecule has 0 aromatic heterocycles. The van der Waals surface area contributed by atoms with Crippen molar-refractivity contribution in [3.63, 3.8) is 0 Å². The predicted octanol–water partition coefficient (Wildman–Crippen LogP) is 3.78. The number of para-hydroxylation sites is 1. The molecule has 4 heteroatoms. The number of benzene rings is 2. The highest BCUT2D eigenvalue weighted by Gasteiger charge is 2.18. The molecule has 0 saturated carbocycles. The van der Waals surface area contributed by atoms with Gasteiger partial charge in [-0.2, -0.15) is 0 Å². The Morgan fingerprint density at radius 1 is 1.09 bits per heavy atom. The van der Waals surface area contributed by atoms with Gasteiger partial charge in [0.1, 0.15) is 11.6 Å².